The Morgan fingerprint density at radius 1 is 1.07 bits per heavy atom. The standard InChI is InChI=1S/C32H34N6O4S/c1-19-3-8-27(25(11-19)26-17-43-32(35-26)37-13-22-5-6-23(14-37)29(22)31(40)41)42-16-24-7-4-21(12-20(24)2)30(39)36-9-10-38-28(15-36)33-18-34-38/h3-4,7-8,11-12,17-18,22-23,29H,5-6,9-10,13-16H2,1-2H3,(H,40,41). The van der Waals surface area contributed by atoms with Gasteiger partial charge in [-0.25, -0.2) is 14.6 Å². The first kappa shape index (κ1) is 27.6. The van der Waals surface area contributed by atoms with Crippen molar-refractivity contribution in [3.05, 3.63) is 76.2 Å². The molecule has 2 aromatic carbocycles. The van der Waals surface area contributed by atoms with Crippen LogP contribution in [0.2, 0.25) is 0 Å². The molecule has 1 saturated carbocycles. The number of hydrogen-bond acceptors (Lipinski definition) is 8. The van der Waals surface area contributed by atoms with Crippen LogP contribution in [0.25, 0.3) is 11.3 Å². The Bertz CT molecular complexity index is 1680. The predicted octanol–water partition coefficient (Wildman–Crippen LogP) is 4.80. The van der Waals surface area contributed by atoms with Crippen molar-refractivity contribution in [2.24, 2.45) is 17.8 Å². The van der Waals surface area contributed by atoms with Gasteiger partial charge in [0.15, 0.2) is 5.13 Å². The van der Waals surface area contributed by atoms with Gasteiger partial charge in [0.25, 0.3) is 5.91 Å². The maximum Gasteiger partial charge on any atom is 0.307 e. The second-order valence-electron chi connectivity index (χ2n) is 11.9. The Labute approximate surface area is 253 Å². The van der Waals surface area contributed by atoms with E-state index in [0.29, 0.717) is 31.8 Å². The molecule has 7 rings (SSSR count). The summed E-state index contributed by atoms with van der Waals surface area (Å²) in [6.07, 6.45) is 3.48. The first-order chi connectivity index (χ1) is 20.8. The van der Waals surface area contributed by atoms with Gasteiger partial charge in [0.05, 0.1) is 24.7 Å². The van der Waals surface area contributed by atoms with Gasteiger partial charge in [-0.05, 0) is 73.9 Å². The average molecular weight is 599 g/mol. The number of carboxylic acids is 1. The van der Waals surface area contributed by atoms with Crippen LogP contribution < -0.4 is 9.64 Å². The molecule has 1 aliphatic carbocycles. The van der Waals surface area contributed by atoms with Crippen molar-refractivity contribution in [3.63, 3.8) is 0 Å². The lowest BCUT2D eigenvalue weighted by Crippen LogP contribution is -2.44. The van der Waals surface area contributed by atoms with Crippen LogP contribution in [-0.4, -0.2) is 61.3 Å². The molecule has 0 radical (unpaired) electrons. The molecule has 2 atom stereocenters. The molecular formula is C32H34N6O4S. The summed E-state index contributed by atoms with van der Waals surface area (Å²) in [5.41, 5.74) is 5.58. The van der Waals surface area contributed by atoms with Crippen molar-refractivity contribution in [3.8, 4) is 17.0 Å². The van der Waals surface area contributed by atoms with Crippen LogP contribution in [0.4, 0.5) is 5.13 Å². The van der Waals surface area contributed by atoms with Gasteiger partial charge in [-0.1, -0.05) is 17.7 Å². The average Bonchev–Trinajstić information content (AvgIpc) is 3.74. The summed E-state index contributed by atoms with van der Waals surface area (Å²) in [6.45, 7) is 7.63. The van der Waals surface area contributed by atoms with Gasteiger partial charge >= 0.3 is 5.97 Å². The van der Waals surface area contributed by atoms with Crippen molar-refractivity contribution in [2.75, 3.05) is 24.5 Å². The number of piperidine rings is 1. The lowest BCUT2D eigenvalue weighted by atomic mass is 9.85. The number of aromatic nitrogens is 4. The smallest absolute Gasteiger partial charge is 0.307 e. The Morgan fingerprint density at radius 2 is 1.88 bits per heavy atom. The Balaban J connectivity index is 1.04. The molecule has 2 fully saturated rings. The molecule has 3 aliphatic rings. The van der Waals surface area contributed by atoms with Crippen molar-refractivity contribution in [1.82, 2.24) is 24.6 Å². The quantitative estimate of drug-likeness (QED) is 0.323. The first-order valence-electron chi connectivity index (χ1n) is 14.8. The van der Waals surface area contributed by atoms with Gasteiger partial charge in [-0.3, -0.25) is 9.59 Å². The van der Waals surface area contributed by atoms with Crippen LogP contribution in [0.1, 0.15) is 45.7 Å². The third-order valence-electron chi connectivity index (χ3n) is 9.16. The minimum Gasteiger partial charge on any atom is -0.488 e. The second-order valence-corrected chi connectivity index (χ2v) is 12.8. The van der Waals surface area contributed by atoms with E-state index in [1.807, 2.05) is 46.8 Å². The molecular weight excluding hydrogens is 564 g/mol. The number of hydrogen-bond donors (Lipinski definition) is 1. The molecule has 4 aromatic rings. The zero-order valence-corrected chi connectivity index (χ0v) is 25.1. The summed E-state index contributed by atoms with van der Waals surface area (Å²) < 4.78 is 8.21. The fraction of sp³-hybridized carbons (Fsp3) is 0.406. The molecule has 1 N–H and O–H groups in total. The molecule has 4 heterocycles. The number of carbonyl (C=O) groups is 2. The molecule has 0 spiro atoms. The van der Waals surface area contributed by atoms with Crippen LogP contribution in [0.15, 0.2) is 48.1 Å². The highest BCUT2D eigenvalue weighted by Crippen LogP contribution is 2.44. The van der Waals surface area contributed by atoms with E-state index in [1.54, 1.807) is 11.3 Å². The van der Waals surface area contributed by atoms with Crippen LogP contribution in [0.3, 0.4) is 0 Å². The number of anilines is 1. The van der Waals surface area contributed by atoms with Gasteiger partial charge < -0.3 is 19.6 Å². The van der Waals surface area contributed by atoms with E-state index in [4.69, 9.17) is 9.72 Å². The summed E-state index contributed by atoms with van der Waals surface area (Å²) in [4.78, 5) is 38.3. The number of rotatable bonds is 7. The number of ether oxygens (including phenoxy) is 1. The van der Waals surface area contributed by atoms with Gasteiger partial charge in [0.2, 0.25) is 0 Å². The molecule has 2 aromatic heterocycles. The van der Waals surface area contributed by atoms with E-state index in [-0.39, 0.29) is 23.7 Å². The number of amides is 1. The summed E-state index contributed by atoms with van der Waals surface area (Å²) in [7, 11) is 0. The molecule has 10 nitrogen and oxygen atoms in total. The van der Waals surface area contributed by atoms with Crippen molar-refractivity contribution in [2.45, 2.75) is 46.4 Å². The minimum atomic E-state index is -0.654. The zero-order chi connectivity index (χ0) is 29.7. The number of thiazole rings is 1. The van der Waals surface area contributed by atoms with E-state index in [2.05, 4.69) is 33.4 Å². The normalized spacial score (nSPS) is 21.1. The van der Waals surface area contributed by atoms with Crippen LogP contribution in [-0.2, 0) is 24.5 Å². The van der Waals surface area contributed by atoms with Crippen molar-refractivity contribution in [1.29, 1.82) is 0 Å². The molecule has 222 valence electrons. The van der Waals surface area contributed by atoms with Crippen LogP contribution >= 0.6 is 11.3 Å². The molecule has 11 heteroatoms. The van der Waals surface area contributed by atoms with E-state index in [9.17, 15) is 14.7 Å². The molecule has 1 amide bonds. The highest BCUT2D eigenvalue weighted by molar-refractivity contribution is 7.14. The van der Waals surface area contributed by atoms with Gasteiger partial charge in [-0.2, -0.15) is 5.10 Å². The second kappa shape index (κ2) is 11.1. The van der Waals surface area contributed by atoms with Crippen LogP contribution in [0, 0.1) is 31.6 Å². The van der Waals surface area contributed by atoms with Crippen LogP contribution in [0.5, 0.6) is 5.75 Å². The lowest BCUT2D eigenvalue weighted by molar-refractivity contribution is -0.144. The molecule has 43 heavy (non-hydrogen) atoms. The third-order valence-corrected chi connectivity index (χ3v) is 10.1. The fourth-order valence-corrected chi connectivity index (χ4v) is 7.70. The van der Waals surface area contributed by atoms with Crippen molar-refractivity contribution >= 4 is 28.3 Å². The molecule has 1 saturated heterocycles. The lowest BCUT2D eigenvalue weighted by Gasteiger charge is -2.35. The largest absolute Gasteiger partial charge is 0.488 e. The maximum atomic E-state index is 13.2. The Hall–Kier alpha value is -4.25. The molecule has 2 aliphatic heterocycles. The monoisotopic (exact) mass is 598 g/mol. The number of aryl methyl sites for hydroxylation is 2. The summed E-state index contributed by atoms with van der Waals surface area (Å²) in [5.74, 6) is 1.04. The summed E-state index contributed by atoms with van der Waals surface area (Å²) in [6, 6.07) is 11.9. The van der Waals surface area contributed by atoms with Gasteiger partial charge in [0.1, 0.15) is 24.5 Å². The molecule has 2 bridgehead atoms. The number of carboxylic acid groups (broad SMARTS) is 1. The highest BCUT2D eigenvalue weighted by Gasteiger charge is 2.46. The number of nitrogens with zero attached hydrogens (tertiary/aromatic N) is 6. The number of benzene rings is 2. The minimum absolute atomic E-state index is 0.00910. The fourth-order valence-electron chi connectivity index (χ4n) is 6.85. The maximum absolute atomic E-state index is 13.2. The van der Waals surface area contributed by atoms with Gasteiger partial charge in [-0.15, -0.1) is 11.3 Å². The zero-order valence-electron chi connectivity index (χ0n) is 24.3. The summed E-state index contributed by atoms with van der Waals surface area (Å²) >= 11 is 1.60. The molecule has 2 unspecified atom stereocenters. The highest BCUT2D eigenvalue weighted by atomic mass is 32.1. The van der Waals surface area contributed by atoms with E-state index < -0.39 is 5.97 Å². The number of carbonyl (C=O) groups excluding carboxylic acids is 1. The third kappa shape index (κ3) is 5.26. The number of aliphatic carboxylic acids is 1. The van der Waals surface area contributed by atoms with E-state index in [1.165, 1.54) is 6.33 Å². The van der Waals surface area contributed by atoms with E-state index >= 15 is 0 Å². The number of fused-ring (bicyclic) bond motifs is 3. The summed E-state index contributed by atoms with van der Waals surface area (Å²) in [5, 5.41) is 16.9. The van der Waals surface area contributed by atoms with E-state index in [0.717, 1.165) is 70.6 Å². The Kier molecular flexibility index (Phi) is 7.12. The van der Waals surface area contributed by atoms with Crippen molar-refractivity contribution < 1.29 is 19.4 Å². The topological polar surface area (TPSA) is 114 Å². The first-order valence-corrected chi connectivity index (χ1v) is 15.6. The predicted molar refractivity (Wildman–Crippen MR) is 162 cm³/mol. The SMILES string of the molecule is Cc1ccc(OCc2ccc(C(=O)N3CCn4ncnc4C3)cc2C)c(-c2csc(N3CC4CCC(C3)C4C(=O)O)n2)c1. The Morgan fingerprint density at radius 3 is 2.65 bits per heavy atom. The van der Waals surface area contributed by atoms with Gasteiger partial charge in [0, 0.05) is 36.1 Å².